The summed E-state index contributed by atoms with van der Waals surface area (Å²) in [7, 11) is 0. The van der Waals surface area contributed by atoms with Crippen LogP contribution in [-0.2, 0) is 9.59 Å². The van der Waals surface area contributed by atoms with Crippen LogP contribution in [0.4, 0.5) is 5.69 Å². The first-order valence-corrected chi connectivity index (χ1v) is 9.74. The number of nitrogens with zero attached hydrogens (tertiary/aromatic N) is 3. The molecule has 6 nitrogen and oxygen atoms in total. The maximum atomic E-state index is 12.7. The van der Waals surface area contributed by atoms with Crippen LogP contribution >= 0.6 is 0 Å². The molecule has 1 aliphatic rings. The first kappa shape index (κ1) is 20.0. The lowest BCUT2D eigenvalue weighted by Gasteiger charge is -2.35. The predicted molar refractivity (Wildman–Crippen MR) is 110 cm³/mol. The van der Waals surface area contributed by atoms with Crippen molar-refractivity contribution in [3.8, 4) is 11.3 Å². The van der Waals surface area contributed by atoms with Crippen molar-refractivity contribution in [3.63, 3.8) is 0 Å². The number of amides is 2. The number of benzene rings is 1. The Kier molecular flexibility index (Phi) is 5.77. The SMILES string of the molecule is Cc1nccc(-c2cccc(NC(=O)C3CCN(C(=O)C(C)(C)C)CC3)c2)n1. The van der Waals surface area contributed by atoms with Crippen molar-refractivity contribution >= 4 is 17.5 Å². The summed E-state index contributed by atoms with van der Waals surface area (Å²) in [5, 5.41) is 3.02. The van der Waals surface area contributed by atoms with Gasteiger partial charge in [0, 0.05) is 41.9 Å². The van der Waals surface area contributed by atoms with E-state index < -0.39 is 0 Å². The summed E-state index contributed by atoms with van der Waals surface area (Å²) in [6, 6.07) is 9.54. The molecule has 1 fully saturated rings. The highest BCUT2D eigenvalue weighted by Crippen LogP contribution is 2.25. The molecule has 2 aromatic rings. The molecule has 1 aliphatic heterocycles. The molecule has 1 N–H and O–H groups in total. The Morgan fingerprint density at radius 3 is 2.50 bits per heavy atom. The third kappa shape index (κ3) is 4.74. The molecule has 0 bridgehead atoms. The summed E-state index contributed by atoms with van der Waals surface area (Å²) >= 11 is 0. The number of rotatable bonds is 3. The normalized spacial score (nSPS) is 15.4. The average Bonchev–Trinajstić information content (AvgIpc) is 2.67. The average molecular weight is 380 g/mol. The minimum Gasteiger partial charge on any atom is -0.342 e. The molecular formula is C22H28N4O2. The van der Waals surface area contributed by atoms with Gasteiger partial charge in [0.2, 0.25) is 11.8 Å². The third-order valence-corrected chi connectivity index (χ3v) is 5.00. The summed E-state index contributed by atoms with van der Waals surface area (Å²) in [6.45, 7) is 8.91. The molecule has 0 spiro atoms. The molecule has 0 atom stereocenters. The minimum absolute atomic E-state index is 0.0128. The third-order valence-electron chi connectivity index (χ3n) is 5.00. The van der Waals surface area contributed by atoms with Crippen LogP contribution in [0.25, 0.3) is 11.3 Å². The molecule has 2 heterocycles. The number of aryl methyl sites for hydroxylation is 1. The van der Waals surface area contributed by atoms with Gasteiger partial charge in [-0.15, -0.1) is 0 Å². The molecule has 0 radical (unpaired) electrons. The molecule has 0 saturated carbocycles. The number of carbonyl (C=O) groups excluding carboxylic acids is 2. The van der Waals surface area contributed by atoms with E-state index in [2.05, 4.69) is 15.3 Å². The Hall–Kier alpha value is -2.76. The van der Waals surface area contributed by atoms with Crippen molar-refractivity contribution in [2.75, 3.05) is 18.4 Å². The highest BCUT2D eigenvalue weighted by molar-refractivity contribution is 5.93. The zero-order chi connectivity index (χ0) is 20.3. The summed E-state index contributed by atoms with van der Waals surface area (Å²) in [5.74, 6) is 0.801. The molecular weight excluding hydrogens is 352 g/mol. The molecule has 0 unspecified atom stereocenters. The molecule has 148 valence electrons. The first-order valence-electron chi connectivity index (χ1n) is 9.74. The van der Waals surface area contributed by atoms with Crippen LogP contribution in [0, 0.1) is 18.3 Å². The summed E-state index contributed by atoms with van der Waals surface area (Å²) < 4.78 is 0. The first-order chi connectivity index (χ1) is 13.2. The molecule has 1 aromatic carbocycles. The number of aromatic nitrogens is 2. The Morgan fingerprint density at radius 1 is 1.14 bits per heavy atom. The quantitative estimate of drug-likeness (QED) is 0.881. The lowest BCUT2D eigenvalue weighted by Crippen LogP contribution is -2.45. The molecule has 3 rings (SSSR count). The van der Waals surface area contributed by atoms with Crippen molar-refractivity contribution in [2.45, 2.75) is 40.5 Å². The lowest BCUT2D eigenvalue weighted by atomic mass is 9.90. The Labute approximate surface area is 166 Å². The van der Waals surface area contributed by atoms with Gasteiger partial charge in [0.05, 0.1) is 5.69 Å². The van der Waals surface area contributed by atoms with Gasteiger partial charge in [0.15, 0.2) is 0 Å². The van der Waals surface area contributed by atoms with E-state index in [0.29, 0.717) is 31.8 Å². The monoisotopic (exact) mass is 380 g/mol. The van der Waals surface area contributed by atoms with Gasteiger partial charge in [0.25, 0.3) is 0 Å². The largest absolute Gasteiger partial charge is 0.342 e. The summed E-state index contributed by atoms with van der Waals surface area (Å²) in [6.07, 6.45) is 3.12. The van der Waals surface area contributed by atoms with Gasteiger partial charge >= 0.3 is 0 Å². The van der Waals surface area contributed by atoms with Crippen molar-refractivity contribution in [3.05, 3.63) is 42.4 Å². The van der Waals surface area contributed by atoms with E-state index >= 15 is 0 Å². The van der Waals surface area contributed by atoms with Crippen molar-refractivity contribution in [1.82, 2.24) is 14.9 Å². The van der Waals surface area contributed by atoms with Crippen molar-refractivity contribution in [1.29, 1.82) is 0 Å². The van der Waals surface area contributed by atoms with Gasteiger partial charge in [-0.2, -0.15) is 0 Å². The standard InChI is InChI=1S/C22H28N4O2/c1-15-23-11-8-19(24-15)17-6-5-7-18(14-17)25-20(27)16-9-12-26(13-10-16)21(28)22(2,3)4/h5-8,11,14,16H,9-10,12-13H2,1-4H3,(H,25,27). The fourth-order valence-corrected chi connectivity index (χ4v) is 3.44. The Balaban J connectivity index is 1.62. The second kappa shape index (κ2) is 8.09. The zero-order valence-corrected chi connectivity index (χ0v) is 17.0. The van der Waals surface area contributed by atoms with Crippen LogP contribution in [0.5, 0.6) is 0 Å². The van der Waals surface area contributed by atoms with Crippen LogP contribution < -0.4 is 5.32 Å². The highest BCUT2D eigenvalue weighted by Gasteiger charge is 2.32. The maximum Gasteiger partial charge on any atom is 0.227 e. The van der Waals surface area contributed by atoms with E-state index in [1.165, 1.54) is 0 Å². The molecule has 1 aromatic heterocycles. The van der Waals surface area contributed by atoms with Gasteiger partial charge < -0.3 is 10.2 Å². The van der Waals surface area contributed by atoms with E-state index in [0.717, 1.165) is 16.9 Å². The molecule has 2 amide bonds. The number of carbonyl (C=O) groups is 2. The van der Waals surface area contributed by atoms with Crippen molar-refractivity contribution < 1.29 is 9.59 Å². The van der Waals surface area contributed by atoms with Crippen LogP contribution in [0.1, 0.15) is 39.4 Å². The van der Waals surface area contributed by atoms with Crippen molar-refractivity contribution in [2.24, 2.45) is 11.3 Å². The van der Waals surface area contributed by atoms with E-state index in [1.54, 1.807) is 6.20 Å². The second-order valence-electron chi connectivity index (χ2n) is 8.38. The van der Waals surface area contributed by atoms with Crippen LogP contribution in [-0.4, -0.2) is 39.8 Å². The lowest BCUT2D eigenvalue weighted by molar-refractivity contribution is -0.142. The van der Waals surface area contributed by atoms with Gasteiger partial charge in [0.1, 0.15) is 5.82 Å². The fourth-order valence-electron chi connectivity index (χ4n) is 3.44. The molecule has 1 saturated heterocycles. The molecule has 28 heavy (non-hydrogen) atoms. The van der Waals surface area contributed by atoms with E-state index in [9.17, 15) is 9.59 Å². The summed E-state index contributed by atoms with van der Waals surface area (Å²) in [4.78, 5) is 35.5. The van der Waals surface area contributed by atoms with E-state index in [4.69, 9.17) is 0 Å². The Morgan fingerprint density at radius 2 is 1.86 bits per heavy atom. The van der Waals surface area contributed by atoms with Crippen LogP contribution in [0.3, 0.4) is 0 Å². The smallest absolute Gasteiger partial charge is 0.227 e. The van der Waals surface area contributed by atoms with Crippen LogP contribution in [0.15, 0.2) is 36.5 Å². The summed E-state index contributed by atoms with van der Waals surface area (Å²) in [5.41, 5.74) is 2.15. The maximum absolute atomic E-state index is 12.7. The minimum atomic E-state index is -0.380. The predicted octanol–water partition coefficient (Wildman–Crippen LogP) is 3.68. The number of nitrogens with one attached hydrogen (secondary N) is 1. The number of anilines is 1. The van der Waals surface area contributed by atoms with Gasteiger partial charge in [-0.05, 0) is 38.0 Å². The topological polar surface area (TPSA) is 75.2 Å². The second-order valence-corrected chi connectivity index (χ2v) is 8.38. The molecule has 6 heteroatoms. The van der Waals surface area contributed by atoms with Crippen LogP contribution in [0.2, 0.25) is 0 Å². The number of likely N-dealkylation sites (tertiary alicyclic amines) is 1. The number of piperidine rings is 1. The van der Waals surface area contributed by atoms with E-state index in [-0.39, 0.29) is 23.1 Å². The highest BCUT2D eigenvalue weighted by atomic mass is 16.2. The fraction of sp³-hybridized carbons (Fsp3) is 0.455. The zero-order valence-electron chi connectivity index (χ0n) is 17.0. The number of hydrogen-bond acceptors (Lipinski definition) is 4. The molecule has 0 aliphatic carbocycles. The van der Waals surface area contributed by atoms with Gasteiger partial charge in [-0.3, -0.25) is 9.59 Å². The van der Waals surface area contributed by atoms with Gasteiger partial charge in [-0.1, -0.05) is 32.9 Å². The Bertz CT molecular complexity index is 865. The van der Waals surface area contributed by atoms with Gasteiger partial charge in [-0.25, -0.2) is 9.97 Å². The van der Waals surface area contributed by atoms with E-state index in [1.807, 2.05) is 62.9 Å². The number of hydrogen-bond donors (Lipinski definition) is 1.